The summed E-state index contributed by atoms with van der Waals surface area (Å²) in [5.74, 6) is -6.79. The summed E-state index contributed by atoms with van der Waals surface area (Å²) in [5.41, 5.74) is -1.12. The molecule has 2 aromatic rings. The van der Waals surface area contributed by atoms with Crippen LogP contribution >= 0.6 is 0 Å². The van der Waals surface area contributed by atoms with E-state index in [4.69, 9.17) is 0 Å². The first-order chi connectivity index (χ1) is 11.7. The molecule has 0 unspecified atom stereocenters. The SMILES string of the molecule is O=C(Nc1cc(F)c(F)c(F)c1)c1cc(F)c2c(c1)S(=O)(=O)NCN2. The van der Waals surface area contributed by atoms with Crippen LogP contribution in [0.4, 0.5) is 28.9 Å². The molecule has 0 fully saturated rings. The number of rotatable bonds is 2. The third kappa shape index (κ3) is 3.15. The molecule has 0 aromatic heterocycles. The quantitative estimate of drug-likeness (QED) is 0.555. The van der Waals surface area contributed by atoms with Crippen molar-refractivity contribution in [3.63, 3.8) is 0 Å². The standard InChI is InChI=1S/C14H9F4N3O3S/c15-8-3-7(4-9(16)12(8)18)21-14(22)6-1-10(17)13-11(2-6)25(23,24)20-5-19-13/h1-4,19-20H,5H2,(H,21,22). The molecule has 25 heavy (non-hydrogen) atoms. The second-order valence-corrected chi connectivity index (χ2v) is 6.78. The third-order valence-corrected chi connectivity index (χ3v) is 4.80. The number of benzene rings is 2. The maximum absolute atomic E-state index is 14.1. The number of amides is 1. The van der Waals surface area contributed by atoms with Gasteiger partial charge in [-0.25, -0.2) is 26.0 Å². The van der Waals surface area contributed by atoms with E-state index in [1.54, 1.807) is 0 Å². The average molecular weight is 375 g/mol. The Morgan fingerprint density at radius 3 is 2.28 bits per heavy atom. The van der Waals surface area contributed by atoms with E-state index >= 15 is 0 Å². The van der Waals surface area contributed by atoms with Gasteiger partial charge in [0.15, 0.2) is 17.5 Å². The van der Waals surface area contributed by atoms with E-state index in [1.165, 1.54) is 0 Å². The molecule has 1 aliphatic heterocycles. The number of sulfonamides is 1. The lowest BCUT2D eigenvalue weighted by Crippen LogP contribution is -2.35. The van der Waals surface area contributed by atoms with E-state index in [1.807, 2.05) is 5.32 Å². The van der Waals surface area contributed by atoms with Gasteiger partial charge in [-0.1, -0.05) is 0 Å². The molecule has 0 saturated carbocycles. The van der Waals surface area contributed by atoms with E-state index in [0.29, 0.717) is 12.1 Å². The molecule has 11 heteroatoms. The van der Waals surface area contributed by atoms with Crippen LogP contribution in [0.3, 0.4) is 0 Å². The number of fused-ring (bicyclic) bond motifs is 1. The lowest BCUT2D eigenvalue weighted by atomic mass is 10.1. The van der Waals surface area contributed by atoms with Crippen molar-refractivity contribution in [1.82, 2.24) is 4.72 Å². The molecular weight excluding hydrogens is 366 g/mol. The van der Waals surface area contributed by atoms with Crippen molar-refractivity contribution < 1.29 is 30.8 Å². The molecule has 0 saturated heterocycles. The van der Waals surface area contributed by atoms with Gasteiger partial charge in [0.05, 0.1) is 12.4 Å². The molecule has 1 heterocycles. The Kier molecular flexibility index (Phi) is 4.13. The van der Waals surface area contributed by atoms with Crippen molar-refractivity contribution in [1.29, 1.82) is 0 Å². The highest BCUT2D eigenvalue weighted by Gasteiger charge is 2.27. The van der Waals surface area contributed by atoms with Crippen molar-refractivity contribution in [2.45, 2.75) is 4.90 Å². The van der Waals surface area contributed by atoms with Crippen molar-refractivity contribution in [2.75, 3.05) is 17.3 Å². The van der Waals surface area contributed by atoms with Crippen molar-refractivity contribution in [3.8, 4) is 0 Å². The largest absolute Gasteiger partial charge is 0.368 e. The average Bonchev–Trinajstić information content (AvgIpc) is 2.53. The summed E-state index contributed by atoms with van der Waals surface area (Å²) < 4.78 is 79.2. The topological polar surface area (TPSA) is 87.3 Å². The van der Waals surface area contributed by atoms with E-state index in [9.17, 15) is 30.8 Å². The van der Waals surface area contributed by atoms with Gasteiger partial charge in [-0.15, -0.1) is 0 Å². The number of nitrogens with one attached hydrogen (secondary N) is 3. The van der Waals surface area contributed by atoms with Gasteiger partial charge in [0.2, 0.25) is 10.0 Å². The molecule has 1 amide bonds. The van der Waals surface area contributed by atoms with E-state index in [2.05, 4.69) is 10.0 Å². The molecule has 1 aliphatic rings. The molecule has 0 spiro atoms. The first-order valence-corrected chi connectivity index (χ1v) is 8.20. The van der Waals surface area contributed by atoms with Gasteiger partial charge in [-0.05, 0) is 12.1 Å². The first-order valence-electron chi connectivity index (χ1n) is 6.72. The van der Waals surface area contributed by atoms with Crippen molar-refractivity contribution in [3.05, 3.63) is 53.1 Å². The minimum atomic E-state index is -4.01. The summed E-state index contributed by atoms with van der Waals surface area (Å²) >= 11 is 0. The molecule has 132 valence electrons. The Bertz CT molecular complexity index is 972. The highest BCUT2D eigenvalue weighted by Crippen LogP contribution is 2.29. The molecule has 0 atom stereocenters. The van der Waals surface area contributed by atoms with E-state index in [0.717, 1.165) is 12.1 Å². The summed E-state index contributed by atoms with van der Waals surface area (Å²) in [6.07, 6.45) is 0. The fraction of sp³-hybridized carbons (Fsp3) is 0.0714. The van der Waals surface area contributed by atoms with Crippen LogP contribution < -0.4 is 15.4 Å². The summed E-state index contributed by atoms with van der Waals surface area (Å²) in [6.45, 7) is -0.216. The molecule has 6 nitrogen and oxygen atoms in total. The Labute approximate surface area is 138 Å². The fourth-order valence-electron chi connectivity index (χ4n) is 2.22. The Balaban J connectivity index is 1.97. The Morgan fingerprint density at radius 2 is 1.64 bits per heavy atom. The maximum Gasteiger partial charge on any atom is 0.255 e. The monoisotopic (exact) mass is 375 g/mol. The molecule has 0 radical (unpaired) electrons. The normalized spacial score (nSPS) is 15.2. The second-order valence-electron chi connectivity index (χ2n) is 5.04. The number of carbonyl (C=O) groups is 1. The van der Waals surface area contributed by atoms with Gasteiger partial charge < -0.3 is 10.6 Å². The Morgan fingerprint density at radius 1 is 1.00 bits per heavy atom. The number of anilines is 2. The number of carbonyl (C=O) groups excluding carboxylic acids is 1. The van der Waals surface area contributed by atoms with Crippen LogP contribution in [-0.2, 0) is 10.0 Å². The van der Waals surface area contributed by atoms with Crippen LogP contribution in [0.2, 0.25) is 0 Å². The van der Waals surface area contributed by atoms with E-state index in [-0.39, 0.29) is 12.4 Å². The highest BCUT2D eigenvalue weighted by atomic mass is 32.2. The molecule has 0 bridgehead atoms. The van der Waals surface area contributed by atoms with Gasteiger partial charge >= 0.3 is 0 Å². The lowest BCUT2D eigenvalue weighted by Gasteiger charge is -2.20. The van der Waals surface area contributed by atoms with E-state index < -0.39 is 55.3 Å². The molecule has 3 N–H and O–H groups in total. The van der Waals surface area contributed by atoms with Gasteiger partial charge in [0.1, 0.15) is 10.7 Å². The molecule has 2 aromatic carbocycles. The zero-order valence-electron chi connectivity index (χ0n) is 12.2. The lowest BCUT2D eigenvalue weighted by molar-refractivity contribution is 0.102. The van der Waals surface area contributed by atoms with Crippen molar-refractivity contribution in [2.24, 2.45) is 0 Å². The molecular formula is C14H9F4N3O3S. The second kappa shape index (κ2) is 6.01. The summed E-state index contributed by atoms with van der Waals surface area (Å²) in [5, 5.41) is 4.53. The van der Waals surface area contributed by atoms with Gasteiger partial charge in [-0.3, -0.25) is 4.79 Å². The third-order valence-electron chi connectivity index (χ3n) is 3.37. The number of hydrogen-bond acceptors (Lipinski definition) is 4. The van der Waals surface area contributed by atoms with Crippen LogP contribution in [-0.4, -0.2) is 21.0 Å². The van der Waals surface area contributed by atoms with Crippen LogP contribution in [0.15, 0.2) is 29.2 Å². The Hall–Kier alpha value is -2.66. The van der Waals surface area contributed by atoms with Crippen LogP contribution in [0, 0.1) is 23.3 Å². The predicted molar refractivity (Wildman–Crippen MR) is 79.5 cm³/mol. The zero-order valence-corrected chi connectivity index (χ0v) is 13.0. The number of hydrogen-bond donors (Lipinski definition) is 3. The zero-order chi connectivity index (χ0) is 18.4. The van der Waals surface area contributed by atoms with Gasteiger partial charge in [-0.2, -0.15) is 4.72 Å². The minimum Gasteiger partial charge on any atom is -0.368 e. The molecule has 3 rings (SSSR count). The minimum absolute atomic E-state index is 0.216. The fourth-order valence-corrected chi connectivity index (χ4v) is 3.36. The van der Waals surface area contributed by atoms with Crippen LogP contribution in [0.1, 0.15) is 10.4 Å². The van der Waals surface area contributed by atoms with Crippen LogP contribution in [0.25, 0.3) is 0 Å². The van der Waals surface area contributed by atoms with Crippen molar-refractivity contribution >= 4 is 27.3 Å². The highest BCUT2D eigenvalue weighted by molar-refractivity contribution is 7.89. The first kappa shape index (κ1) is 17.2. The van der Waals surface area contributed by atoms with Crippen LogP contribution in [0.5, 0.6) is 0 Å². The number of halogens is 4. The maximum atomic E-state index is 14.1. The molecule has 0 aliphatic carbocycles. The van der Waals surface area contributed by atoms with Gasteiger partial charge in [0.25, 0.3) is 5.91 Å². The summed E-state index contributed by atoms with van der Waals surface area (Å²) in [4.78, 5) is 11.6. The van der Waals surface area contributed by atoms with Gasteiger partial charge in [0, 0.05) is 23.4 Å². The smallest absolute Gasteiger partial charge is 0.255 e. The predicted octanol–water partition coefficient (Wildman–Crippen LogP) is 2.16. The summed E-state index contributed by atoms with van der Waals surface area (Å²) in [6, 6.07) is 2.73. The summed E-state index contributed by atoms with van der Waals surface area (Å²) in [7, 11) is -4.01.